The number of nitrogens with zero attached hydrogens (tertiary/aromatic N) is 1. The van der Waals surface area contributed by atoms with Crippen LogP contribution in [0.25, 0.3) is 0 Å². The third kappa shape index (κ3) is 4.14. The van der Waals surface area contributed by atoms with Gasteiger partial charge in [-0.1, -0.05) is 5.16 Å². The molecule has 1 aromatic rings. The molecule has 106 valence electrons. The second-order valence-electron chi connectivity index (χ2n) is 3.89. The van der Waals surface area contributed by atoms with E-state index in [2.05, 4.69) is 9.88 Å². The summed E-state index contributed by atoms with van der Waals surface area (Å²) >= 11 is 0. The fourth-order valence-electron chi connectivity index (χ4n) is 1.41. The molecule has 0 saturated carbocycles. The van der Waals surface area contributed by atoms with Crippen LogP contribution in [0, 0.1) is 11.6 Å². The Morgan fingerprint density at radius 3 is 2.74 bits per heavy atom. The summed E-state index contributed by atoms with van der Waals surface area (Å²) in [5.41, 5.74) is 5.22. The lowest BCUT2D eigenvalue weighted by Gasteiger charge is -2.13. The Balaban J connectivity index is 2.95. The summed E-state index contributed by atoms with van der Waals surface area (Å²) in [7, 11) is -4.22. The first-order chi connectivity index (χ1) is 8.76. The highest BCUT2D eigenvalue weighted by molar-refractivity contribution is 7.89. The molecule has 1 atom stereocenters. The molecule has 0 fully saturated rings. The zero-order chi connectivity index (χ0) is 14.6. The molecule has 4 N–H and O–H groups in total. The third-order valence-corrected chi connectivity index (χ3v) is 3.79. The minimum atomic E-state index is -4.22. The van der Waals surface area contributed by atoms with Crippen molar-refractivity contribution in [3.8, 4) is 0 Å². The second kappa shape index (κ2) is 5.93. The molecule has 0 aliphatic carbocycles. The lowest BCUT2D eigenvalue weighted by molar-refractivity contribution is 0.316. The van der Waals surface area contributed by atoms with Crippen molar-refractivity contribution in [1.82, 2.24) is 4.72 Å². The van der Waals surface area contributed by atoms with Gasteiger partial charge in [0.1, 0.15) is 22.4 Å². The molecule has 0 amide bonds. The number of hydrogen-bond donors (Lipinski definition) is 3. The fourth-order valence-corrected chi connectivity index (χ4v) is 2.74. The van der Waals surface area contributed by atoms with Gasteiger partial charge < -0.3 is 10.9 Å². The van der Waals surface area contributed by atoms with Crippen LogP contribution in [0.3, 0.4) is 0 Å². The molecular weight excluding hydrogens is 280 g/mol. The number of amidine groups is 1. The molecule has 19 heavy (non-hydrogen) atoms. The molecule has 0 aliphatic rings. The average molecular weight is 293 g/mol. The van der Waals surface area contributed by atoms with E-state index in [1.165, 1.54) is 6.92 Å². The topological polar surface area (TPSA) is 105 Å². The van der Waals surface area contributed by atoms with Crippen LogP contribution >= 0.6 is 0 Å². The maximum absolute atomic E-state index is 13.4. The van der Waals surface area contributed by atoms with E-state index in [9.17, 15) is 17.2 Å². The van der Waals surface area contributed by atoms with Crippen LogP contribution in [0.15, 0.2) is 28.3 Å². The quantitative estimate of drug-likeness (QED) is 0.323. The number of sulfonamides is 1. The summed E-state index contributed by atoms with van der Waals surface area (Å²) in [6.07, 6.45) is -0.0767. The van der Waals surface area contributed by atoms with Gasteiger partial charge in [-0.3, -0.25) is 0 Å². The minimum Gasteiger partial charge on any atom is -0.409 e. The Morgan fingerprint density at radius 1 is 1.53 bits per heavy atom. The van der Waals surface area contributed by atoms with Crippen LogP contribution in [0.5, 0.6) is 0 Å². The highest BCUT2D eigenvalue weighted by Crippen LogP contribution is 2.16. The van der Waals surface area contributed by atoms with Gasteiger partial charge in [0.25, 0.3) is 0 Å². The minimum absolute atomic E-state index is 0.0767. The SMILES string of the molecule is CC(CC(N)=NO)NS(=O)(=O)c1cc(F)ccc1F. The highest BCUT2D eigenvalue weighted by atomic mass is 32.2. The standard InChI is InChI=1S/C10H13F2N3O3S/c1-6(4-10(13)14-16)15-19(17,18)9-5-7(11)2-3-8(9)12/h2-3,5-6,15-16H,4H2,1H3,(H2,13,14). The van der Waals surface area contributed by atoms with Gasteiger partial charge in [0.2, 0.25) is 10.0 Å². The van der Waals surface area contributed by atoms with Gasteiger partial charge in [-0.2, -0.15) is 0 Å². The molecule has 0 bridgehead atoms. The average Bonchev–Trinajstić information content (AvgIpc) is 2.31. The van der Waals surface area contributed by atoms with Crippen molar-refractivity contribution >= 4 is 15.9 Å². The van der Waals surface area contributed by atoms with E-state index in [-0.39, 0.29) is 12.3 Å². The molecule has 0 aromatic heterocycles. The van der Waals surface area contributed by atoms with Crippen molar-refractivity contribution in [1.29, 1.82) is 0 Å². The van der Waals surface area contributed by atoms with Crippen molar-refractivity contribution < 1.29 is 22.4 Å². The van der Waals surface area contributed by atoms with Crippen molar-refractivity contribution in [3.05, 3.63) is 29.8 Å². The molecule has 0 spiro atoms. The van der Waals surface area contributed by atoms with Crippen molar-refractivity contribution in [2.24, 2.45) is 10.9 Å². The Labute approximate surface area is 109 Å². The number of benzene rings is 1. The van der Waals surface area contributed by atoms with Gasteiger partial charge in [-0.15, -0.1) is 0 Å². The Bertz CT molecular complexity index is 590. The van der Waals surface area contributed by atoms with E-state index < -0.39 is 32.6 Å². The van der Waals surface area contributed by atoms with Crippen LogP contribution in [-0.4, -0.2) is 25.5 Å². The molecule has 1 aromatic carbocycles. The first kappa shape index (κ1) is 15.3. The summed E-state index contributed by atoms with van der Waals surface area (Å²) in [5, 5.41) is 11.0. The second-order valence-corrected chi connectivity index (χ2v) is 5.57. The number of halogens is 2. The Kier molecular flexibility index (Phi) is 4.78. The first-order valence-electron chi connectivity index (χ1n) is 5.20. The zero-order valence-electron chi connectivity index (χ0n) is 9.97. The van der Waals surface area contributed by atoms with Crippen molar-refractivity contribution in [3.63, 3.8) is 0 Å². The zero-order valence-corrected chi connectivity index (χ0v) is 10.8. The third-order valence-electron chi connectivity index (χ3n) is 2.18. The van der Waals surface area contributed by atoms with Gasteiger partial charge >= 0.3 is 0 Å². The van der Waals surface area contributed by atoms with E-state index in [0.717, 1.165) is 12.1 Å². The van der Waals surface area contributed by atoms with Crippen LogP contribution in [-0.2, 0) is 10.0 Å². The number of rotatable bonds is 5. The van der Waals surface area contributed by atoms with E-state index >= 15 is 0 Å². The van der Waals surface area contributed by atoms with Crippen molar-refractivity contribution in [2.75, 3.05) is 0 Å². The molecule has 0 radical (unpaired) electrons. The van der Waals surface area contributed by atoms with Gasteiger partial charge in [0, 0.05) is 12.5 Å². The number of oxime groups is 1. The van der Waals surface area contributed by atoms with E-state index in [1.54, 1.807) is 0 Å². The van der Waals surface area contributed by atoms with Crippen LogP contribution in [0.1, 0.15) is 13.3 Å². The molecule has 1 unspecified atom stereocenters. The van der Waals surface area contributed by atoms with Crippen LogP contribution in [0.2, 0.25) is 0 Å². The molecule has 1 rings (SSSR count). The highest BCUT2D eigenvalue weighted by Gasteiger charge is 2.22. The lowest BCUT2D eigenvalue weighted by Crippen LogP contribution is -2.36. The Hall–Kier alpha value is -1.74. The van der Waals surface area contributed by atoms with Crippen LogP contribution in [0.4, 0.5) is 8.78 Å². The van der Waals surface area contributed by atoms with Gasteiger partial charge in [-0.05, 0) is 25.1 Å². The van der Waals surface area contributed by atoms with E-state index in [0.29, 0.717) is 6.07 Å². The molecular formula is C10H13F2N3O3S. The maximum atomic E-state index is 13.4. The van der Waals surface area contributed by atoms with Crippen molar-refractivity contribution in [2.45, 2.75) is 24.3 Å². The summed E-state index contributed by atoms with van der Waals surface area (Å²) in [6.45, 7) is 1.44. The predicted octanol–water partition coefficient (Wildman–Crippen LogP) is 0.768. The lowest BCUT2D eigenvalue weighted by atomic mass is 10.2. The largest absolute Gasteiger partial charge is 0.409 e. The number of nitrogens with one attached hydrogen (secondary N) is 1. The van der Waals surface area contributed by atoms with Crippen LogP contribution < -0.4 is 10.5 Å². The molecule has 0 aliphatic heterocycles. The smallest absolute Gasteiger partial charge is 0.243 e. The molecule has 9 heteroatoms. The molecule has 0 saturated heterocycles. The fraction of sp³-hybridized carbons (Fsp3) is 0.300. The maximum Gasteiger partial charge on any atom is 0.243 e. The summed E-state index contributed by atoms with van der Waals surface area (Å²) in [4.78, 5) is -0.793. The monoisotopic (exact) mass is 293 g/mol. The van der Waals surface area contributed by atoms with E-state index in [1.807, 2.05) is 0 Å². The number of nitrogens with two attached hydrogens (primary N) is 1. The number of hydrogen-bond acceptors (Lipinski definition) is 4. The van der Waals surface area contributed by atoms with Gasteiger partial charge in [0.15, 0.2) is 0 Å². The molecule has 0 heterocycles. The summed E-state index contributed by atoms with van der Waals surface area (Å²) in [5.74, 6) is -2.12. The first-order valence-corrected chi connectivity index (χ1v) is 6.68. The summed E-state index contributed by atoms with van der Waals surface area (Å²) < 4.78 is 52.1. The normalized spacial score (nSPS) is 14.4. The van der Waals surface area contributed by atoms with E-state index in [4.69, 9.17) is 10.9 Å². The predicted molar refractivity (Wildman–Crippen MR) is 64.2 cm³/mol. The molecule has 6 nitrogen and oxygen atoms in total. The van der Waals surface area contributed by atoms with Gasteiger partial charge in [0.05, 0.1) is 0 Å². The van der Waals surface area contributed by atoms with Gasteiger partial charge in [-0.25, -0.2) is 21.9 Å². The Morgan fingerprint density at radius 2 is 2.16 bits per heavy atom. The summed E-state index contributed by atoms with van der Waals surface area (Å²) in [6, 6.07) is 1.36.